The molecule has 3 aliphatic rings. The molecule has 2 heterocycles. The average Bonchev–Trinajstić information content (AvgIpc) is 2.89. The van der Waals surface area contributed by atoms with Crippen LogP contribution in [0.4, 0.5) is 5.69 Å². The molecule has 2 aliphatic heterocycles. The van der Waals surface area contributed by atoms with E-state index in [1.807, 2.05) is 18.2 Å². The molecule has 37 heavy (non-hydrogen) atoms. The number of imide groups is 1. The summed E-state index contributed by atoms with van der Waals surface area (Å²) in [5.41, 5.74) is 7.21. The number of anilines is 1. The lowest BCUT2D eigenvalue weighted by Gasteiger charge is -2.38. The molecule has 1 aromatic carbocycles. The summed E-state index contributed by atoms with van der Waals surface area (Å²) in [6, 6.07) is 5.46. The number of aldehydes is 1. The van der Waals surface area contributed by atoms with Crippen molar-refractivity contribution >= 4 is 41.8 Å². The van der Waals surface area contributed by atoms with Crippen LogP contribution in [0, 0.1) is 0 Å². The summed E-state index contributed by atoms with van der Waals surface area (Å²) in [7, 11) is 3.70. The van der Waals surface area contributed by atoms with E-state index in [9.17, 15) is 19.2 Å². The molecule has 10 nitrogen and oxygen atoms in total. The number of carbonyl (C=O) groups is 4. The molecule has 3 fully saturated rings. The molecule has 0 radical (unpaired) electrons. The van der Waals surface area contributed by atoms with Crippen molar-refractivity contribution in [1.82, 2.24) is 18.8 Å². The maximum atomic E-state index is 13.3. The number of benzene rings is 1. The summed E-state index contributed by atoms with van der Waals surface area (Å²) < 4.78 is 4.77. The van der Waals surface area contributed by atoms with Gasteiger partial charge >= 0.3 is 0 Å². The minimum atomic E-state index is -0.742. The number of hydrogen-bond acceptors (Lipinski definition) is 9. The first-order valence-corrected chi connectivity index (χ1v) is 13.9. The molecule has 4 rings (SSSR count). The standard InChI is InChI=1S/C26H38N6O4S/c1-30(23-10-11-24(34)29-25(23)35)26(36)20-4-3-5-22(21(20)16-33)28-18-6-8-19(9-7-18)31(2)37-32-14-12-17(27)13-15-32/h3-5,16-19,23,28H,6-15,27H2,1-2H3,(H,29,34,35). The SMILES string of the molecule is CN(SN1CCC(N)CC1)C1CCC(Nc2cccc(C(=O)N(C)C3CCC(=O)NC3=O)c2C=O)CC1. The number of hydrogen-bond donors (Lipinski definition) is 3. The van der Waals surface area contributed by atoms with Gasteiger partial charge in [-0.05, 0) is 64.1 Å². The lowest BCUT2D eigenvalue weighted by atomic mass is 9.90. The van der Waals surface area contributed by atoms with Crippen molar-refractivity contribution < 1.29 is 19.2 Å². The summed E-state index contributed by atoms with van der Waals surface area (Å²) in [5.74, 6) is -1.24. The number of nitrogens with zero attached hydrogens (tertiary/aromatic N) is 3. The summed E-state index contributed by atoms with van der Waals surface area (Å²) in [6.45, 7) is 2.05. The normalized spacial score (nSPS) is 25.6. The Bertz CT molecular complexity index is 1010. The number of rotatable bonds is 8. The number of carbonyl (C=O) groups excluding carboxylic acids is 4. The average molecular weight is 531 g/mol. The first-order valence-electron chi connectivity index (χ1n) is 13.1. The molecule has 1 aliphatic carbocycles. The summed E-state index contributed by atoms with van der Waals surface area (Å²) in [5, 5.41) is 5.78. The van der Waals surface area contributed by atoms with Crippen LogP contribution in [0.5, 0.6) is 0 Å². The Balaban J connectivity index is 1.34. The third-order valence-corrected chi connectivity index (χ3v) is 8.92. The predicted octanol–water partition coefficient (Wildman–Crippen LogP) is 2.02. The molecule has 1 unspecified atom stereocenters. The van der Waals surface area contributed by atoms with E-state index < -0.39 is 17.9 Å². The first-order chi connectivity index (χ1) is 17.8. The smallest absolute Gasteiger partial charge is 0.255 e. The van der Waals surface area contributed by atoms with Crippen LogP contribution in [0.1, 0.15) is 72.1 Å². The highest BCUT2D eigenvalue weighted by Crippen LogP contribution is 2.31. The molecule has 0 aromatic heterocycles. The second kappa shape index (κ2) is 12.4. The van der Waals surface area contributed by atoms with E-state index in [1.54, 1.807) is 12.1 Å². The minimum Gasteiger partial charge on any atom is -0.382 e. The number of amides is 3. The van der Waals surface area contributed by atoms with E-state index in [2.05, 4.69) is 26.3 Å². The van der Waals surface area contributed by atoms with Crippen LogP contribution in [0.3, 0.4) is 0 Å². The van der Waals surface area contributed by atoms with E-state index in [0.717, 1.165) is 51.6 Å². The third kappa shape index (κ3) is 6.70. The van der Waals surface area contributed by atoms with Crippen LogP contribution >= 0.6 is 12.1 Å². The van der Waals surface area contributed by atoms with Crippen LogP contribution in [0.25, 0.3) is 0 Å². The number of nitrogens with two attached hydrogens (primary N) is 1. The fraction of sp³-hybridized carbons (Fsp3) is 0.615. The fourth-order valence-electron chi connectivity index (χ4n) is 5.40. The molecule has 202 valence electrons. The maximum Gasteiger partial charge on any atom is 0.255 e. The molecular weight excluding hydrogens is 492 g/mol. The summed E-state index contributed by atoms with van der Waals surface area (Å²) >= 11 is 1.82. The van der Waals surface area contributed by atoms with Gasteiger partial charge < -0.3 is 16.0 Å². The summed E-state index contributed by atoms with van der Waals surface area (Å²) in [6.07, 6.45) is 7.25. The van der Waals surface area contributed by atoms with Crippen molar-refractivity contribution in [3.8, 4) is 0 Å². The van der Waals surface area contributed by atoms with Gasteiger partial charge in [-0.1, -0.05) is 6.07 Å². The lowest BCUT2D eigenvalue weighted by molar-refractivity contribution is -0.136. The molecule has 11 heteroatoms. The highest BCUT2D eigenvalue weighted by molar-refractivity contribution is 7.94. The fourth-order valence-corrected chi connectivity index (χ4v) is 6.48. The van der Waals surface area contributed by atoms with E-state index in [-0.39, 0.29) is 30.4 Å². The Morgan fingerprint density at radius 1 is 1.11 bits per heavy atom. The Hall–Kier alpha value is -2.47. The van der Waals surface area contributed by atoms with Gasteiger partial charge in [0.15, 0.2) is 6.29 Å². The van der Waals surface area contributed by atoms with Gasteiger partial charge in [0.2, 0.25) is 11.8 Å². The van der Waals surface area contributed by atoms with Crippen molar-refractivity contribution in [1.29, 1.82) is 0 Å². The zero-order valence-corrected chi connectivity index (χ0v) is 22.5. The molecule has 2 saturated heterocycles. The van der Waals surface area contributed by atoms with E-state index in [4.69, 9.17) is 5.73 Å². The van der Waals surface area contributed by atoms with Crippen molar-refractivity contribution in [2.24, 2.45) is 5.73 Å². The molecule has 0 bridgehead atoms. The van der Waals surface area contributed by atoms with Gasteiger partial charge in [0.05, 0.1) is 11.1 Å². The van der Waals surface area contributed by atoms with Crippen molar-refractivity contribution in [3.05, 3.63) is 29.3 Å². The van der Waals surface area contributed by atoms with Crippen LogP contribution in [-0.4, -0.2) is 88.9 Å². The molecule has 1 aromatic rings. The quantitative estimate of drug-likeness (QED) is 0.263. The Kier molecular flexibility index (Phi) is 9.22. The predicted molar refractivity (Wildman–Crippen MR) is 144 cm³/mol. The molecule has 1 atom stereocenters. The van der Waals surface area contributed by atoms with Crippen LogP contribution in [0.2, 0.25) is 0 Å². The summed E-state index contributed by atoms with van der Waals surface area (Å²) in [4.78, 5) is 50.4. The first kappa shape index (κ1) is 27.6. The van der Waals surface area contributed by atoms with Gasteiger partial charge in [-0.2, -0.15) is 0 Å². The topological polar surface area (TPSA) is 128 Å². The van der Waals surface area contributed by atoms with Gasteiger partial charge in [-0.25, -0.2) is 8.61 Å². The molecular formula is C26H38N6O4S. The number of likely N-dealkylation sites (N-methyl/N-ethyl adjacent to an activating group) is 1. The monoisotopic (exact) mass is 530 g/mol. The van der Waals surface area contributed by atoms with Crippen LogP contribution < -0.4 is 16.4 Å². The van der Waals surface area contributed by atoms with Crippen molar-refractivity contribution in [2.45, 2.75) is 75.5 Å². The van der Waals surface area contributed by atoms with Crippen LogP contribution in [0.15, 0.2) is 18.2 Å². The highest BCUT2D eigenvalue weighted by Gasteiger charge is 2.34. The van der Waals surface area contributed by atoms with Gasteiger partial charge in [0, 0.05) is 62.5 Å². The van der Waals surface area contributed by atoms with Gasteiger partial charge in [-0.15, -0.1) is 0 Å². The maximum absolute atomic E-state index is 13.3. The Morgan fingerprint density at radius 2 is 1.81 bits per heavy atom. The number of piperidine rings is 2. The van der Waals surface area contributed by atoms with Crippen molar-refractivity contribution in [2.75, 3.05) is 32.5 Å². The van der Waals surface area contributed by atoms with Gasteiger partial charge in [0.1, 0.15) is 6.04 Å². The second-order valence-electron chi connectivity index (χ2n) is 10.3. The minimum absolute atomic E-state index is 0.179. The molecule has 4 N–H and O–H groups in total. The molecule has 0 spiro atoms. The van der Waals surface area contributed by atoms with E-state index >= 15 is 0 Å². The zero-order valence-electron chi connectivity index (χ0n) is 21.7. The largest absolute Gasteiger partial charge is 0.382 e. The third-order valence-electron chi connectivity index (χ3n) is 7.77. The highest BCUT2D eigenvalue weighted by atomic mass is 32.2. The molecule has 3 amide bonds. The van der Waals surface area contributed by atoms with Crippen LogP contribution in [-0.2, 0) is 9.59 Å². The van der Waals surface area contributed by atoms with Gasteiger partial charge in [0.25, 0.3) is 5.91 Å². The number of nitrogens with one attached hydrogen (secondary N) is 2. The Morgan fingerprint density at radius 3 is 2.46 bits per heavy atom. The zero-order chi connectivity index (χ0) is 26.5. The van der Waals surface area contributed by atoms with E-state index in [1.165, 1.54) is 11.9 Å². The lowest BCUT2D eigenvalue weighted by Crippen LogP contribution is -2.53. The second-order valence-corrected chi connectivity index (χ2v) is 11.6. The van der Waals surface area contributed by atoms with Gasteiger partial charge in [-0.3, -0.25) is 24.5 Å². The van der Waals surface area contributed by atoms with Crippen molar-refractivity contribution in [3.63, 3.8) is 0 Å². The Labute approximate surface area is 222 Å². The van der Waals surface area contributed by atoms with E-state index in [0.29, 0.717) is 29.6 Å². The molecule has 1 saturated carbocycles.